The Bertz CT molecular complexity index is 613. The quantitative estimate of drug-likeness (QED) is 0.888. The number of amides is 1. The minimum Gasteiger partial charge on any atom is -0.388 e. The van der Waals surface area contributed by atoms with Gasteiger partial charge in [0.25, 0.3) is 5.91 Å². The predicted molar refractivity (Wildman–Crippen MR) is 79.5 cm³/mol. The van der Waals surface area contributed by atoms with E-state index < -0.39 is 17.8 Å². The van der Waals surface area contributed by atoms with E-state index in [2.05, 4.69) is 5.32 Å². The fourth-order valence-corrected chi connectivity index (χ4v) is 2.08. The van der Waals surface area contributed by atoms with Gasteiger partial charge in [-0.15, -0.1) is 0 Å². The van der Waals surface area contributed by atoms with E-state index >= 15 is 0 Å². The van der Waals surface area contributed by atoms with Crippen LogP contribution in [0.25, 0.3) is 0 Å². The van der Waals surface area contributed by atoms with Gasteiger partial charge in [-0.1, -0.05) is 42.5 Å². The van der Waals surface area contributed by atoms with Crippen LogP contribution in [-0.4, -0.2) is 17.6 Å². The van der Waals surface area contributed by atoms with Crippen molar-refractivity contribution in [3.63, 3.8) is 0 Å². The van der Waals surface area contributed by atoms with Crippen LogP contribution in [0.15, 0.2) is 48.5 Å². The van der Waals surface area contributed by atoms with Crippen LogP contribution >= 0.6 is 0 Å². The summed E-state index contributed by atoms with van der Waals surface area (Å²) in [6, 6.07) is 13.9. The highest BCUT2D eigenvalue weighted by atomic mass is 19.1. The van der Waals surface area contributed by atoms with E-state index in [0.717, 1.165) is 5.56 Å². The fraction of sp³-hybridized carbons (Fsp3) is 0.235. The van der Waals surface area contributed by atoms with Crippen LogP contribution in [0, 0.1) is 12.7 Å². The third kappa shape index (κ3) is 3.89. The van der Waals surface area contributed by atoms with Crippen LogP contribution in [0.2, 0.25) is 0 Å². The lowest BCUT2D eigenvalue weighted by Crippen LogP contribution is -2.26. The Labute approximate surface area is 123 Å². The van der Waals surface area contributed by atoms with Crippen LogP contribution in [0.3, 0.4) is 0 Å². The molecule has 2 aromatic carbocycles. The second-order valence-electron chi connectivity index (χ2n) is 4.91. The van der Waals surface area contributed by atoms with Crippen molar-refractivity contribution in [2.45, 2.75) is 19.4 Å². The van der Waals surface area contributed by atoms with Crippen molar-refractivity contribution >= 4 is 5.91 Å². The minimum atomic E-state index is -0.645. The second-order valence-corrected chi connectivity index (χ2v) is 4.91. The Kier molecular flexibility index (Phi) is 5.06. The minimum absolute atomic E-state index is 0.0317. The summed E-state index contributed by atoms with van der Waals surface area (Å²) in [6.07, 6.45) is -0.266. The number of hydrogen-bond acceptors (Lipinski definition) is 2. The van der Waals surface area contributed by atoms with Gasteiger partial charge in [0, 0.05) is 6.54 Å². The molecule has 0 radical (unpaired) electrons. The van der Waals surface area contributed by atoms with E-state index in [1.165, 1.54) is 6.07 Å². The van der Waals surface area contributed by atoms with E-state index in [1.807, 2.05) is 30.3 Å². The van der Waals surface area contributed by atoms with Crippen molar-refractivity contribution in [2.75, 3.05) is 6.54 Å². The maximum absolute atomic E-state index is 13.8. The van der Waals surface area contributed by atoms with Gasteiger partial charge in [0.1, 0.15) is 5.82 Å². The third-order valence-electron chi connectivity index (χ3n) is 3.32. The molecule has 0 aliphatic heterocycles. The lowest BCUT2D eigenvalue weighted by atomic mass is 10.1. The molecule has 0 heterocycles. The summed E-state index contributed by atoms with van der Waals surface area (Å²) in [6.45, 7) is 1.90. The van der Waals surface area contributed by atoms with Crippen LogP contribution < -0.4 is 5.32 Å². The Hall–Kier alpha value is -2.20. The van der Waals surface area contributed by atoms with Gasteiger partial charge in [-0.3, -0.25) is 4.79 Å². The van der Waals surface area contributed by atoms with Crippen LogP contribution in [0.1, 0.15) is 34.0 Å². The van der Waals surface area contributed by atoms with Gasteiger partial charge in [-0.05, 0) is 30.5 Å². The van der Waals surface area contributed by atoms with Gasteiger partial charge >= 0.3 is 0 Å². The average molecular weight is 287 g/mol. The van der Waals surface area contributed by atoms with Crippen molar-refractivity contribution in [3.8, 4) is 0 Å². The van der Waals surface area contributed by atoms with Crippen molar-refractivity contribution in [1.82, 2.24) is 5.32 Å². The maximum Gasteiger partial charge on any atom is 0.254 e. The van der Waals surface area contributed by atoms with E-state index in [4.69, 9.17) is 0 Å². The topological polar surface area (TPSA) is 49.3 Å². The Morgan fingerprint density at radius 1 is 1.19 bits per heavy atom. The molecular formula is C17H18FNO2. The molecule has 4 heteroatoms. The monoisotopic (exact) mass is 287 g/mol. The van der Waals surface area contributed by atoms with E-state index in [-0.39, 0.29) is 12.1 Å². The van der Waals surface area contributed by atoms with Gasteiger partial charge in [0.05, 0.1) is 11.7 Å². The molecule has 0 aromatic heterocycles. The summed E-state index contributed by atoms with van der Waals surface area (Å²) in [4.78, 5) is 11.9. The van der Waals surface area contributed by atoms with E-state index in [9.17, 15) is 14.3 Å². The average Bonchev–Trinajstić information content (AvgIpc) is 2.50. The van der Waals surface area contributed by atoms with Crippen molar-refractivity contribution < 1.29 is 14.3 Å². The lowest BCUT2D eigenvalue weighted by molar-refractivity contribution is 0.0938. The summed E-state index contributed by atoms with van der Waals surface area (Å²) in [7, 11) is 0. The van der Waals surface area contributed by atoms with Gasteiger partial charge < -0.3 is 10.4 Å². The zero-order valence-corrected chi connectivity index (χ0v) is 11.8. The largest absolute Gasteiger partial charge is 0.388 e. The number of aliphatic hydroxyl groups excluding tert-OH is 1. The molecule has 110 valence electrons. The number of halogens is 1. The van der Waals surface area contributed by atoms with Gasteiger partial charge in [-0.2, -0.15) is 0 Å². The zero-order valence-electron chi connectivity index (χ0n) is 11.8. The van der Waals surface area contributed by atoms with Crippen LogP contribution in [0.5, 0.6) is 0 Å². The number of aliphatic hydroxyl groups is 1. The molecule has 1 atom stereocenters. The number of hydrogen-bond donors (Lipinski definition) is 2. The number of carbonyl (C=O) groups excluding carboxylic acids is 1. The summed E-state index contributed by atoms with van der Waals surface area (Å²) < 4.78 is 13.8. The Balaban J connectivity index is 1.89. The molecule has 0 aliphatic rings. The highest BCUT2D eigenvalue weighted by molar-refractivity contribution is 5.94. The normalized spacial score (nSPS) is 12.0. The molecule has 1 unspecified atom stereocenters. The fourth-order valence-electron chi connectivity index (χ4n) is 2.08. The number of carbonyl (C=O) groups is 1. The van der Waals surface area contributed by atoms with Gasteiger partial charge in [0.15, 0.2) is 0 Å². The number of aryl methyl sites for hydroxylation is 1. The number of rotatable bonds is 5. The lowest BCUT2D eigenvalue weighted by Gasteiger charge is -2.12. The highest BCUT2D eigenvalue weighted by Crippen LogP contribution is 2.15. The molecule has 2 aromatic rings. The molecule has 0 saturated carbocycles. The summed E-state index contributed by atoms with van der Waals surface area (Å²) in [5.74, 6) is -0.963. The van der Waals surface area contributed by atoms with E-state index in [0.29, 0.717) is 12.0 Å². The first-order valence-corrected chi connectivity index (χ1v) is 6.86. The maximum atomic E-state index is 13.8. The smallest absolute Gasteiger partial charge is 0.254 e. The molecule has 0 aliphatic carbocycles. The first-order valence-electron chi connectivity index (χ1n) is 6.86. The summed E-state index contributed by atoms with van der Waals surface area (Å²) >= 11 is 0. The molecule has 0 bridgehead atoms. The van der Waals surface area contributed by atoms with Crippen LogP contribution in [0.4, 0.5) is 4.39 Å². The third-order valence-corrected chi connectivity index (χ3v) is 3.32. The first kappa shape index (κ1) is 15.2. The standard InChI is InChI=1S/C17H18FNO2/c1-12-6-5-9-14(16(12)18)17(21)19-11-10-15(20)13-7-3-2-4-8-13/h2-9,15,20H,10-11H2,1H3,(H,19,21). The van der Waals surface area contributed by atoms with E-state index in [1.54, 1.807) is 19.1 Å². The first-order chi connectivity index (χ1) is 10.1. The SMILES string of the molecule is Cc1cccc(C(=O)NCCC(O)c2ccccc2)c1F. The summed E-state index contributed by atoms with van der Waals surface area (Å²) in [5.41, 5.74) is 1.27. The molecular weight excluding hydrogens is 269 g/mol. The molecule has 0 fully saturated rings. The van der Waals surface area contributed by atoms with Gasteiger partial charge in [-0.25, -0.2) is 4.39 Å². The predicted octanol–water partition coefficient (Wildman–Crippen LogP) is 2.99. The van der Waals surface area contributed by atoms with Crippen molar-refractivity contribution in [3.05, 3.63) is 71.0 Å². The van der Waals surface area contributed by atoms with Crippen molar-refractivity contribution in [1.29, 1.82) is 0 Å². The number of nitrogens with one attached hydrogen (secondary N) is 1. The molecule has 21 heavy (non-hydrogen) atoms. The Morgan fingerprint density at radius 3 is 2.62 bits per heavy atom. The second kappa shape index (κ2) is 6.99. The molecule has 0 spiro atoms. The highest BCUT2D eigenvalue weighted by Gasteiger charge is 2.13. The molecule has 1 amide bonds. The molecule has 2 rings (SSSR count). The Morgan fingerprint density at radius 2 is 1.90 bits per heavy atom. The zero-order chi connectivity index (χ0) is 15.2. The van der Waals surface area contributed by atoms with Crippen LogP contribution in [-0.2, 0) is 0 Å². The number of benzene rings is 2. The summed E-state index contributed by atoms with van der Waals surface area (Å²) in [5, 5.41) is 12.6. The van der Waals surface area contributed by atoms with Gasteiger partial charge in [0.2, 0.25) is 0 Å². The van der Waals surface area contributed by atoms with Crippen molar-refractivity contribution in [2.24, 2.45) is 0 Å². The molecule has 3 nitrogen and oxygen atoms in total. The molecule has 2 N–H and O–H groups in total. The molecule has 0 saturated heterocycles.